The van der Waals surface area contributed by atoms with E-state index in [2.05, 4.69) is 9.47 Å². The molecule has 0 spiro atoms. The summed E-state index contributed by atoms with van der Waals surface area (Å²) in [5.74, 6) is -2.39. The van der Waals surface area contributed by atoms with Crippen LogP contribution in [0.3, 0.4) is 0 Å². The first kappa shape index (κ1) is 12.3. The van der Waals surface area contributed by atoms with Crippen LogP contribution in [-0.4, -0.2) is 18.1 Å². The summed E-state index contributed by atoms with van der Waals surface area (Å²) >= 11 is 0. The lowest BCUT2D eigenvalue weighted by Gasteiger charge is -2.11. The third-order valence-corrected chi connectivity index (χ3v) is 1.38. The van der Waals surface area contributed by atoms with Crippen LogP contribution >= 0.6 is 0 Å². The van der Waals surface area contributed by atoms with Gasteiger partial charge in [-0.3, -0.25) is 0 Å². The predicted octanol–water partition coefficient (Wildman–Crippen LogP) is 2.89. The van der Waals surface area contributed by atoms with E-state index in [1.54, 1.807) is 0 Å². The van der Waals surface area contributed by atoms with Gasteiger partial charge in [-0.05, 0) is 12.1 Å². The van der Waals surface area contributed by atoms with E-state index >= 15 is 0 Å². The van der Waals surface area contributed by atoms with Crippen molar-refractivity contribution in [2.24, 2.45) is 0 Å². The zero-order valence-electron chi connectivity index (χ0n) is 7.46. The van der Waals surface area contributed by atoms with Crippen LogP contribution in [0.1, 0.15) is 0 Å². The Bertz CT molecular complexity index is 363. The van der Waals surface area contributed by atoms with Crippen LogP contribution in [0.2, 0.25) is 0 Å². The summed E-state index contributed by atoms with van der Waals surface area (Å²) < 4.78 is 66.1. The number of benzene rings is 1. The fourth-order valence-corrected chi connectivity index (χ4v) is 0.877. The van der Waals surface area contributed by atoms with Gasteiger partial charge in [0.15, 0.2) is 11.5 Å². The molecule has 1 N–H and O–H groups in total. The number of phenols is 1. The molecule has 16 heavy (non-hydrogen) atoms. The zero-order chi connectivity index (χ0) is 12.3. The molecular weight excluding hydrogens is 239 g/mol. The second-order valence-electron chi connectivity index (χ2n) is 2.56. The van der Waals surface area contributed by atoms with Gasteiger partial charge in [0.05, 0.1) is 0 Å². The summed E-state index contributed by atoms with van der Waals surface area (Å²) in [6, 6.07) is 2.14. The molecule has 0 aliphatic rings. The van der Waals surface area contributed by atoms with Crippen molar-refractivity contribution in [1.82, 2.24) is 0 Å². The van der Waals surface area contributed by atoms with Gasteiger partial charge in [-0.15, -0.1) is 13.2 Å². The van der Waals surface area contributed by atoms with E-state index in [0.29, 0.717) is 6.07 Å². The van der Waals surface area contributed by atoms with Crippen LogP contribution in [0, 0.1) is 0 Å². The van der Waals surface area contributed by atoms with Crippen molar-refractivity contribution in [2.45, 2.75) is 13.0 Å². The summed E-state index contributed by atoms with van der Waals surface area (Å²) in [4.78, 5) is 0. The summed E-state index contributed by atoms with van der Waals surface area (Å²) in [5, 5.41) is 8.96. The molecule has 0 aromatic heterocycles. The second kappa shape index (κ2) is 4.42. The lowest BCUT2D eigenvalue weighted by molar-refractivity contribution is -0.275. The van der Waals surface area contributed by atoms with Crippen LogP contribution < -0.4 is 9.47 Å². The van der Waals surface area contributed by atoms with Crippen LogP contribution in [-0.2, 0) is 0 Å². The summed E-state index contributed by atoms with van der Waals surface area (Å²) in [6.07, 6.45) is -5.03. The Morgan fingerprint density at radius 2 is 1.81 bits per heavy atom. The fourth-order valence-electron chi connectivity index (χ4n) is 0.877. The van der Waals surface area contributed by atoms with Crippen LogP contribution in [0.5, 0.6) is 17.2 Å². The van der Waals surface area contributed by atoms with Crippen molar-refractivity contribution in [3.8, 4) is 17.2 Å². The van der Waals surface area contributed by atoms with Gasteiger partial charge in [0.25, 0.3) is 0 Å². The number of alkyl halides is 5. The highest BCUT2D eigenvalue weighted by molar-refractivity contribution is 5.44. The SMILES string of the molecule is Oc1ccc(OC(F)F)cc1OC(F)(F)F. The summed E-state index contributed by atoms with van der Waals surface area (Å²) in [6.45, 7) is -3.18. The van der Waals surface area contributed by atoms with E-state index < -0.39 is 30.2 Å². The highest BCUT2D eigenvalue weighted by Crippen LogP contribution is 2.34. The quantitative estimate of drug-likeness (QED) is 0.831. The molecule has 1 aromatic carbocycles. The van der Waals surface area contributed by atoms with E-state index in [9.17, 15) is 22.0 Å². The molecule has 1 aromatic rings. The Kier molecular flexibility index (Phi) is 3.41. The number of hydrogen-bond donors (Lipinski definition) is 1. The maximum absolute atomic E-state index is 11.8. The zero-order valence-corrected chi connectivity index (χ0v) is 7.46. The van der Waals surface area contributed by atoms with E-state index in [-0.39, 0.29) is 0 Å². The number of aromatic hydroxyl groups is 1. The van der Waals surface area contributed by atoms with E-state index in [1.165, 1.54) is 0 Å². The average Bonchev–Trinajstić information content (AvgIpc) is 2.07. The Balaban J connectivity index is 2.90. The molecule has 8 heteroatoms. The number of ether oxygens (including phenoxy) is 2. The van der Waals surface area contributed by atoms with Gasteiger partial charge in [-0.25, -0.2) is 0 Å². The van der Waals surface area contributed by atoms with Crippen molar-refractivity contribution in [3.63, 3.8) is 0 Å². The Labute approximate surface area is 86.0 Å². The van der Waals surface area contributed by atoms with Crippen LogP contribution in [0.15, 0.2) is 18.2 Å². The maximum Gasteiger partial charge on any atom is 0.573 e. The molecular formula is C8H5F5O3. The molecule has 1 rings (SSSR count). The normalized spacial score (nSPS) is 11.6. The number of hydrogen-bond acceptors (Lipinski definition) is 3. The van der Waals surface area contributed by atoms with E-state index in [0.717, 1.165) is 12.1 Å². The first-order chi connectivity index (χ1) is 7.28. The Morgan fingerprint density at radius 3 is 2.31 bits per heavy atom. The highest BCUT2D eigenvalue weighted by atomic mass is 19.4. The van der Waals surface area contributed by atoms with Gasteiger partial charge in [-0.1, -0.05) is 0 Å². The van der Waals surface area contributed by atoms with Crippen LogP contribution in [0.25, 0.3) is 0 Å². The fraction of sp³-hybridized carbons (Fsp3) is 0.250. The van der Waals surface area contributed by atoms with E-state index in [1.807, 2.05) is 0 Å². The van der Waals surface area contributed by atoms with Crippen molar-refractivity contribution < 1.29 is 36.5 Å². The van der Waals surface area contributed by atoms with Gasteiger partial charge < -0.3 is 14.6 Å². The topological polar surface area (TPSA) is 38.7 Å². The van der Waals surface area contributed by atoms with Gasteiger partial charge in [-0.2, -0.15) is 8.78 Å². The predicted molar refractivity (Wildman–Crippen MR) is 41.4 cm³/mol. The third-order valence-electron chi connectivity index (χ3n) is 1.38. The minimum absolute atomic E-state index is 0.509. The number of halogens is 5. The number of rotatable bonds is 3. The molecule has 0 bridgehead atoms. The molecule has 0 heterocycles. The summed E-state index contributed by atoms with van der Waals surface area (Å²) in [7, 11) is 0. The molecule has 0 amide bonds. The van der Waals surface area contributed by atoms with Crippen molar-refractivity contribution >= 4 is 0 Å². The molecule has 0 aliphatic carbocycles. The Morgan fingerprint density at radius 1 is 1.19 bits per heavy atom. The molecule has 0 saturated carbocycles. The first-order valence-electron chi connectivity index (χ1n) is 3.81. The molecule has 90 valence electrons. The van der Waals surface area contributed by atoms with Gasteiger partial charge in [0, 0.05) is 6.07 Å². The standard InChI is InChI=1S/C8H5F5O3/c9-7(10)15-4-1-2-5(14)6(3-4)16-8(11,12)13/h1-3,7,14H. The van der Waals surface area contributed by atoms with Crippen LogP contribution in [0.4, 0.5) is 22.0 Å². The minimum atomic E-state index is -5.03. The van der Waals surface area contributed by atoms with Gasteiger partial charge >= 0.3 is 13.0 Å². The molecule has 0 fully saturated rings. The van der Waals surface area contributed by atoms with Crippen molar-refractivity contribution in [1.29, 1.82) is 0 Å². The lowest BCUT2D eigenvalue weighted by Crippen LogP contribution is -2.17. The lowest BCUT2D eigenvalue weighted by atomic mass is 10.3. The smallest absolute Gasteiger partial charge is 0.504 e. The number of phenolic OH excluding ortho intramolecular Hbond substituents is 1. The molecule has 0 unspecified atom stereocenters. The monoisotopic (exact) mass is 244 g/mol. The average molecular weight is 244 g/mol. The van der Waals surface area contributed by atoms with Gasteiger partial charge in [0.1, 0.15) is 5.75 Å². The Hall–Kier alpha value is -1.73. The van der Waals surface area contributed by atoms with Crippen molar-refractivity contribution in [2.75, 3.05) is 0 Å². The molecule has 3 nitrogen and oxygen atoms in total. The molecule has 0 radical (unpaired) electrons. The third kappa shape index (κ3) is 3.79. The maximum atomic E-state index is 11.8. The minimum Gasteiger partial charge on any atom is -0.504 e. The van der Waals surface area contributed by atoms with Crippen molar-refractivity contribution in [3.05, 3.63) is 18.2 Å². The first-order valence-corrected chi connectivity index (χ1v) is 3.81. The molecule has 0 atom stereocenters. The molecule has 0 aliphatic heterocycles. The largest absolute Gasteiger partial charge is 0.573 e. The van der Waals surface area contributed by atoms with E-state index in [4.69, 9.17) is 5.11 Å². The van der Waals surface area contributed by atoms with Gasteiger partial charge in [0.2, 0.25) is 0 Å². The summed E-state index contributed by atoms with van der Waals surface area (Å²) in [5.41, 5.74) is 0. The second-order valence-corrected chi connectivity index (χ2v) is 2.56. The molecule has 0 saturated heterocycles. The highest BCUT2D eigenvalue weighted by Gasteiger charge is 2.32.